The number of nitrogens with zero attached hydrogens (tertiary/aromatic N) is 1. The van der Waals surface area contributed by atoms with Gasteiger partial charge < -0.3 is 0 Å². The van der Waals surface area contributed by atoms with Crippen LogP contribution < -0.4 is 0 Å². The third-order valence-corrected chi connectivity index (χ3v) is 5.70. The molecule has 3 aromatic rings. The summed E-state index contributed by atoms with van der Waals surface area (Å²) >= 11 is 0. The van der Waals surface area contributed by atoms with Gasteiger partial charge >= 0.3 is 0 Å². The number of piperidine rings is 1. The van der Waals surface area contributed by atoms with E-state index in [2.05, 4.69) is 85.5 Å². The van der Waals surface area contributed by atoms with Crippen molar-refractivity contribution in [1.29, 1.82) is 0 Å². The van der Waals surface area contributed by atoms with Gasteiger partial charge in [-0.3, -0.25) is 4.90 Å². The first kappa shape index (κ1) is 18.0. The Labute approximate surface area is 163 Å². The van der Waals surface area contributed by atoms with Crippen molar-refractivity contribution >= 4 is 0 Å². The lowest BCUT2D eigenvalue weighted by molar-refractivity contribution is 0.221. The van der Waals surface area contributed by atoms with Crippen LogP contribution in [0, 0.1) is 13.8 Å². The lowest BCUT2D eigenvalue weighted by atomic mass is 9.89. The minimum atomic E-state index is 1.04. The van der Waals surface area contributed by atoms with Crippen molar-refractivity contribution in [1.82, 2.24) is 4.90 Å². The van der Waals surface area contributed by atoms with Crippen LogP contribution in [0.3, 0.4) is 0 Å². The molecular formula is C26H29N. The highest BCUT2D eigenvalue weighted by atomic mass is 15.1. The largest absolute Gasteiger partial charge is 0.299 e. The van der Waals surface area contributed by atoms with Crippen LogP contribution in [0.2, 0.25) is 0 Å². The number of likely N-dealkylation sites (tertiary alicyclic amines) is 1. The molecule has 27 heavy (non-hydrogen) atoms. The number of aryl methyl sites for hydroxylation is 2. The van der Waals surface area contributed by atoms with E-state index < -0.39 is 0 Å². The number of hydrogen-bond donors (Lipinski definition) is 0. The zero-order valence-corrected chi connectivity index (χ0v) is 16.5. The van der Waals surface area contributed by atoms with Gasteiger partial charge in [0, 0.05) is 6.54 Å². The third-order valence-electron chi connectivity index (χ3n) is 5.70. The number of benzene rings is 3. The molecule has 0 radical (unpaired) electrons. The Morgan fingerprint density at radius 1 is 0.667 bits per heavy atom. The van der Waals surface area contributed by atoms with Gasteiger partial charge in [0.15, 0.2) is 0 Å². The first-order valence-electron chi connectivity index (χ1n) is 10.2. The number of hydrogen-bond acceptors (Lipinski definition) is 1. The van der Waals surface area contributed by atoms with Crippen molar-refractivity contribution in [3.63, 3.8) is 0 Å². The highest BCUT2D eigenvalue weighted by Gasteiger charge is 2.16. The summed E-state index contributed by atoms with van der Waals surface area (Å²) in [6.45, 7) is 7.80. The molecule has 1 heteroatoms. The van der Waals surface area contributed by atoms with Crippen LogP contribution in [0.15, 0.2) is 66.7 Å². The predicted molar refractivity (Wildman–Crippen MR) is 116 cm³/mol. The van der Waals surface area contributed by atoms with Gasteiger partial charge in [0.25, 0.3) is 0 Å². The highest BCUT2D eigenvalue weighted by molar-refractivity contribution is 5.85. The number of rotatable bonds is 4. The molecular weight excluding hydrogens is 326 g/mol. The van der Waals surface area contributed by atoms with E-state index in [1.165, 1.54) is 71.3 Å². The third kappa shape index (κ3) is 4.14. The molecule has 3 aromatic carbocycles. The van der Waals surface area contributed by atoms with Gasteiger partial charge in [0.2, 0.25) is 0 Å². The molecule has 0 spiro atoms. The summed E-state index contributed by atoms with van der Waals surface area (Å²) in [5, 5.41) is 0. The van der Waals surface area contributed by atoms with Crippen molar-refractivity contribution in [3.8, 4) is 22.3 Å². The van der Waals surface area contributed by atoms with Crippen LogP contribution in [0.5, 0.6) is 0 Å². The zero-order valence-electron chi connectivity index (χ0n) is 16.5. The summed E-state index contributed by atoms with van der Waals surface area (Å²) in [4.78, 5) is 2.62. The highest BCUT2D eigenvalue weighted by Crippen LogP contribution is 2.36. The maximum atomic E-state index is 2.62. The normalized spacial score (nSPS) is 15.0. The Morgan fingerprint density at radius 3 is 1.89 bits per heavy atom. The molecule has 0 saturated carbocycles. The molecule has 1 saturated heterocycles. The first-order chi connectivity index (χ1) is 13.2. The average molecular weight is 356 g/mol. The SMILES string of the molecule is Cc1ccc(-c2cccc(CN3CCCCC3)c2-c2ccc(C)cc2)cc1. The maximum Gasteiger partial charge on any atom is 0.0240 e. The van der Waals surface area contributed by atoms with Crippen molar-refractivity contribution in [3.05, 3.63) is 83.4 Å². The smallest absolute Gasteiger partial charge is 0.0240 e. The minimum Gasteiger partial charge on any atom is -0.299 e. The first-order valence-corrected chi connectivity index (χ1v) is 10.2. The predicted octanol–water partition coefficient (Wildman–Crippen LogP) is 6.62. The standard InChI is InChI=1S/C26H29N/c1-20-9-13-22(14-10-20)25-8-6-7-24(19-27-17-4-3-5-18-27)26(25)23-15-11-21(2)12-16-23/h6-16H,3-5,17-19H2,1-2H3. The van der Waals surface area contributed by atoms with Crippen molar-refractivity contribution < 1.29 is 0 Å². The molecule has 4 rings (SSSR count). The van der Waals surface area contributed by atoms with Gasteiger partial charge in [-0.25, -0.2) is 0 Å². The summed E-state index contributed by atoms with van der Waals surface area (Å²) < 4.78 is 0. The van der Waals surface area contributed by atoms with E-state index in [1.807, 2.05) is 0 Å². The lowest BCUT2D eigenvalue weighted by Gasteiger charge is -2.28. The lowest BCUT2D eigenvalue weighted by Crippen LogP contribution is -2.29. The van der Waals surface area contributed by atoms with Gasteiger partial charge in [-0.1, -0.05) is 84.3 Å². The molecule has 138 valence electrons. The van der Waals surface area contributed by atoms with E-state index >= 15 is 0 Å². The summed E-state index contributed by atoms with van der Waals surface area (Å²) in [7, 11) is 0. The maximum absolute atomic E-state index is 2.62. The molecule has 0 aliphatic carbocycles. The van der Waals surface area contributed by atoms with Crippen LogP contribution in [0.25, 0.3) is 22.3 Å². The van der Waals surface area contributed by atoms with Crippen molar-refractivity contribution in [2.75, 3.05) is 13.1 Å². The molecule has 0 amide bonds. The second-order valence-electron chi connectivity index (χ2n) is 7.91. The van der Waals surface area contributed by atoms with Gasteiger partial charge in [0.05, 0.1) is 0 Å². The Bertz CT molecular complexity index is 884. The quantitative estimate of drug-likeness (QED) is 0.508. The molecule has 1 aliphatic heterocycles. The molecule has 1 aliphatic rings. The summed E-state index contributed by atoms with van der Waals surface area (Å²) in [5.74, 6) is 0. The monoisotopic (exact) mass is 355 g/mol. The van der Waals surface area contributed by atoms with Gasteiger partial charge in [-0.15, -0.1) is 0 Å². The van der Waals surface area contributed by atoms with E-state index in [1.54, 1.807) is 0 Å². The zero-order chi connectivity index (χ0) is 18.6. The Morgan fingerprint density at radius 2 is 1.26 bits per heavy atom. The van der Waals surface area contributed by atoms with Gasteiger partial charge in [-0.2, -0.15) is 0 Å². The summed E-state index contributed by atoms with van der Waals surface area (Å²) in [5.41, 5.74) is 9.42. The van der Waals surface area contributed by atoms with E-state index in [4.69, 9.17) is 0 Å². The van der Waals surface area contributed by atoms with Gasteiger partial charge in [0.1, 0.15) is 0 Å². The molecule has 0 bridgehead atoms. The minimum absolute atomic E-state index is 1.04. The second-order valence-corrected chi connectivity index (χ2v) is 7.91. The van der Waals surface area contributed by atoms with Crippen molar-refractivity contribution in [2.45, 2.75) is 39.7 Å². The van der Waals surface area contributed by atoms with Crippen LogP contribution in [-0.2, 0) is 6.54 Å². The molecule has 1 fully saturated rings. The topological polar surface area (TPSA) is 3.24 Å². The molecule has 0 N–H and O–H groups in total. The van der Waals surface area contributed by atoms with E-state index in [0.717, 1.165) is 6.54 Å². The van der Waals surface area contributed by atoms with Gasteiger partial charge in [-0.05, 0) is 67.6 Å². The summed E-state index contributed by atoms with van der Waals surface area (Å²) in [6, 6.07) is 24.8. The molecule has 1 heterocycles. The molecule has 0 atom stereocenters. The van der Waals surface area contributed by atoms with E-state index in [9.17, 15) is 0 Å². The van der Waals surface area contributed by atoms with Crippen LogP contribution in [0.1, 0.15) is 36.0 Å². The van der Waals surface area contributed by atoms with E-state index in [0.29, 0.717) is 0 Å². The Balaban J connectivity index is 1.81. The average Bonchev–Trinajstić information content (AvgIpc) is 2.70. The molecule has 0 aromatic heterocycles. The van der Waals surface area contributed by atoms with Crippen LogP contribution >= 0.6 is 0 Å². The summed E-state index contributed by atoms with van der Waals surface area (Å²) in [6.07, 6.45) is 4.04. The fourth-order valence-corrected chi connectivity index (χ4v) is 4.13. The fourth-order valence-electron chi connectivity index (χ4n) is 4.13. The molecule has 1 nitrogen and oxygen atoms in total. The van der Waals surface area contributed by atoms with Crippen LogP contribution in [0.4, 0.5) is 0 Å². The van der Waals surface area contributed by atoms with Crippen LogP contribution in [-0.4, -0.2) is 18.0 Å². The Kier molecular flexibility index (Phi) is 5.40. The Hall–Kier alpha value is -2.38. The second kappa shape index (κ2) is 8.10. The fraction of sp³-hybridized carbons (Fsp3) is 0.308. The molecule has 0 unspecified atom stereocenters. The van der Waals surface area contributed by atoms with E-state index in [-0.39, 0.29) is 0 Å². The van der Waals surface area contributed by atoms with Crippen molar-refractivity contribution in [2.24, 2.45) is 0 Å².